The maximum atomic E-state index is 12.0. The molecule has 0 spiro atoms. The summed E-state index contributed by atoms with van der Waals surface area (Å²) in [5.41, 5.74) is 2.57. The van der Waals surface area contributed by atoms with E-state index in [2.05, 4.69) is 26.0 Å². The highest BCUT2D eigenvalue weighted by molar-refractivity contribution is 5.89. The Balaban J connectivity index is 1.62. The van der Waals surface area contributed by atoms with Gasteiger partial charge in [0.1, 0.15) is 0 Å². The molecule has 0 aliphatic rings. The summed E-state index contributed by atoms with van der Waals surface area (Å²) in [4.78, 5) is 23.1. The molecule has 0 unspecified atom stereocenters. The third-order valence-corrected chi connectivity index (χ3v) is 3.49. The van der Waals surface area contributed by atoms with Crippen LogP contribution in [0.2, 0.25) is 0 Å². The van der Waals surface area contributed by atoms with Gasteiger partial charge in [-0.2, -0.15) is 5.10 Å². The fourth-order valence-corrected chi connectivity index (χ4v) is 2.21. The minimum atomic E-state index is -0.360. The number of aryl methyl sites for hydroxylation is 1. The molecule has 0 fully saturated rings. The third kappa shape index (κ3) is 4.31. The largest absolute Gasteiger partial charge is 0.359 e. The van der Waals surface area contributed by atoms with E-state index >= 15 is 0 Å². The lowest BCUT2D eigenvalue weighted by atomic mass is 10.1. The molecule has 0 atom stereocenters. The van der Waals surface area contributed by atoms with Gasteiger partial charge in [-0.15, -0.1) is 0 Å². The minimum Gasteiger partial charge on any atom is -0.359 e. The molecule has 1 aromatic carbocycles. The van der Waals surface area contributed by atoms with Crippen molar-refractivity contribution in [3.8, 4) is 11.3 Å². The number of benzene rings is 1. The molecular weight excluding hydrogens is 322 g/mol. The van der Waals surface area contributed by atoms with Crippen LogP contribution in [0.15, 0.2) is 51.8 Å². The molecule has 0 saturated carbocycles. The van der Waals surface area contributed by atoms with Gasteiger partial charge in [-0.05, 0) is 24.6 Å². The van der Waals surface area contributed by atoms with Crippen LogP contribution >= 0.6 is 0 Å². The number of amides is 2. The van der Waals surface area contributed by atoms with E-state index in [1.54, 1.807) is 24.3 Å². The van der Waals surface area contributed by atoms with Gasteiger partial charge in [0.05, 0.1) is 17.9 Å². The van der Waals surface area contributed by atoms with Gasteiger partial charge in [-0.3, -0.25) is 4.79 Å². The van der Waals surface area contributed by atoms with Crippen molar-refractivity contribution >= 4 is 11.7 Å². The van der Waals surface area contributed by atoms with Gasteiger partial charge < -0.3 is 15.2 Å². The highest BCUT2D eigenvalue weighted by Crippen LogP contribution is 2.19. The molecule has 0 saturated heterocycles. The van der Waals surface area contributed by atoms with Gasteiger partial charge in [-0.25, -0.2) is 9.89 Å². The monoisotopic (exact) mass is 339 g/mol. The Kier molecular flexibility index (Phi) is 4.89. The van der Waals surface area contributed by atoms with Crippen LogP contribution in [-0.2, 0) is 13.0 Å². The Labute approximate surface area is 143 Å². The topological polar surface area (TPSA) is 113 Å². The third-order valence-electron chi connectivity index (χ3n) is 3.49. The molecule has 0 aliphatic carbocycles. The number of nitrogens with one attached hydrogen (secondary N) is 3. The summed E-state index contributed by atoms with van der Waals surface area (Å²) in [5, 5.41) is 15.7. The number of anilines is 1. The molecule has 3 rings (SSSR count). The van der Waals surface area contributed by atoms with Gasteiger partial charge in [0.15, 0.2) is 5.76 Å². The highest BCUT2D eigenvalue weighted by atomic mass is 16.5. The van der Waals surface area contributed by atoms with Crippen molar-refractivity contribution in [3.63, 3.8) is 0 Å². The van der Waals surface area contributed by atoms with Gasteiger partial charge >= 0.3 is 6.03 Å². The van der Waals surface area contributed by atoms with E-state index in [9.17, 15) is 9.59 Å². The predicted octanol–water partition coefficient (Wildman–Crippen LogP) is 2.31. The Bertz CT molecular complexity index is 911. The summed E-state index contributed by atoms with van der Waals surface area (Å²) in [7, 11) is 0. The van der Waals surface area contributed by atoms with Gasteiger partial charge in [-0.1, -0.05) is 24.2 Å². The Hall–Kier alpha value is -3.42. The van der Waals surface area contributed by atoms with Gasteiger partial charge in [0, 0.05) is 23.4 Å². The maximum Gasteiger partial charge on any atom is 0.319 e. The van der Waals surface area contributed by atoms with Crippen molar-refractivity contribution in [2.75, 3.05) is 5.32 Å². The van der Waals surface area contributed by atoms with E-state index in [0.717, 1.165) is 17.7 Å². The number of hydrogen-bond donors (Lipinski definition) is 3. The van der Waals surface area contributed by atoms with Crippen LogP contribution in [0.25, 0.3) is 11.3 Å². The second-order valence-corrected chi connectivity index (χ2v) is 5.33. The first-order valence-electron chi connectivity index (χ1n) is 7.79. The van der Waals surface area contributed by atoms with E-state index in [1.807, 2.05) is 19.1 Å². The van der Waals surface area contributed by atoms with E-state index in [-0.39, 0.29) is 18.1 Å². The fourth-order valence-electron chi connectivity index (χ4n) is 2.21. The molecule has 2 heterocycles. The molecule has 2 amide bonds. The van der Waals surface area contributed by atoms with Crippen LogP contribution in [0.3, 0.4) is 0 Å². The highest BCUT2D eigenvalue weighted by Gasteiger charge is 2.07. The molecule has 0 radical (unpaired) electrons. The van der Waals surface area contributed by atoms with Crippen molar-refractivity contribution in [1.29, 1.82) is 0 Å². The lowest BCUT2D eigenvalue weighted by Gasteiger charge is -2.08. The van der Waals surface area contributed by atoms with Crippen molar-refractivity contribution in [2.45, 2.75) is 19.9 Å². The standard InChI is InChI=1S/C17H17N5O3/c1-2-12-9-14(25-22-12)10-18-17(24)19-13-5-3-4-11(8-13)15-6-7-16(23)21-20-15/h3-9H,2,10H2,1H3,(H,21,23)(H2,18,19,24). The summed E-state index contributed by atoms with van der Waals surface area (Å²) in [6, 6.07) is 11.6. The number of aromatic amines is 1. The molecule has 2 aromatic heterocycles. The smallest absolute Gasteiger partial charge is 0.319 e. The summed E-state index contributed by atoms with van der Waals surface area (Å²) >= 11 is 0. The Morgan fingerprint density at radius 3 is 2.84 bits per heavy atom. The first-order chi connectivity index (χ1) is 12.1. The van der Waals surface area contributed by atoms with E-state index in [4.69, 9.17) is 4.52 Å². The van der Waals surface area contributed by atoms with Crippen LogP contribution in [0, 0.1) is 0 Å². The average molecular weight is 339 g/mol. The minimum absolute atomic E-state index is 0.250. The first kappa shape index (κ1) is 16.4. The van der Waals surface area contributed by atoms with Crippen molar-refractivity contribution < 1.29 is 9.32 Å². The predicted molar refractivity (Wildman–Crippen MR) is 92.0 cm³/mol. The fraction of sp³-hybridized carbons (Fsp3) is 0.176. The van der Waals surface area contributed by atoms with Crippen LogP contribution in [0.1, 0.15) is 18.4 Å². The lowest BCUT2D eigenvalue weighted by Crippen LogP contribution is -2.28. The number of nitrogens with zero attached hydrogens (tertiary/aromatic N) is 2. The molecule has 8 heteroatoms. The number of carbonyl (C=O) groups excluding carboxylic acids is 1. The van der Waals surface area contributed by atoms with Crippen molar-refractivity contribution in [3.05, 3.63) is 64.3 Å². The summed E-state index contributed by atoms with van der Waals surface area (Å²) in [5.74, 6) is 0.596. The van der Waals surface area contributed by atoms with E-state index in [1.165, 1.54) is 6.07 Å². The summed E-state index contributed by atoms with van der Waals surface area (Å²) in [6.45, 7) is 2.23. The van der Waals surface area contributed by atoms with Crippen LogP contribution in [0.4, 0.5) is 10.5 Å². The van der Waals surface area contributed by atoms with E-state index in [0.29, 0.717) is 17.1 Å². The Morgan fingerprint density at radius 1 is 1.24 bits per heavy atom. The average Bonchev–Trinajstić information content (AvgIpc) is 3.09. The molecule has 0 aliphatic heterocycles. The van der Waals surface area contributed by atoms with Gasteiger partial charge in [0.2, 0.25) is 0 Å². The number of aromatic nitrogens is 3. The van der Waals surface area contributed by atoms with Gasteiger partial charge in [0.25, 0.3) is 5.56 Å². The molecule has 0 bridgehead atoms. The molecule has 3 aromatic rings. The second-order valence-electron chi connectivity index (χ2n) is 5.33. The van der Waals surface area contributed by atoms with E-state index < -0.39 is 0 Å². The number of urea groups is 1. The maximum absolute atomic E-state index is 12.0. The zero-order chi connectivity index (χ0) is 17.6. The van der Waals surface area contributed by atoms with Crippen molar-refractivity contribution in [1.82, 2.24) is 20.7 Å². The molecule has 128 valence electrons. The quantitative estimate of drug-likeness (QED) is 0.660. The summed E-state index contributed by atoms with van der Waals surface area (Å²) in [6.07, 6.45) is 0.779. The zero-order valence-corrected chi connectivity index (χ0v) is 13.6. The SMILES string of the molecule is CCc1cc(CNC(=O)Nc2cccc(-c3ccc(=O)[nH]n3)c2)on1. The normalized spacial score (nSPS) is 10.4. The first-order valence-corrected chi connectivity index (χ1v) is 7.79. The summed E-state index contributed by atoms with van der Waals surface area (Å²) < 4.78 is 5.11. The molecule has 8 nitrogen and oxygen atoms in total. The number of carbonyl (C=O) groups is 1. The number of hydrogen-bond acceptors (Lipinski definition) is 5. The number of rotatable bonds is 5. The molecule has 25 heavy (non-hydrogen) atoms. The van der Waals surface area contributed by atoms with Crippen molar-refractivity contribution in [2.24, 2.45) is 0 Å². The van der Waals surface area contributed by atoms with Crippen LogP contribution in [0.5, 0.6) is 0 Å². The molecule has 3 N–H and O–H groups in total. The lowest BCUT2D eigenvalue weighted by molar-refractivity contribution is 0.250. The Morgan fingerprint density at radius 2 is 2.12 bits per heavy atom. The second kappa shape index (κ2) is 7.43. The van der Waals surface area contributed by atoms with Crippen LogP contribution < -0.4 is 16.2 Å². The molecular formula is C17H17N5O3. The number of H-pyrrole nitrogens is 1. The zero-order valence-electron chi connectivity index (χ0n) is 13.6. The van der Waals surface area contributed by atoms with Crippen LogP contribution in [-0.4, -0.2) is 21.4 Å².